The van der Waals surface area contributed by atoms with Gasteiger partial charge in [-0.25, -0.2) is 0 Å². The van der Waals surface area contributed by atoms with Gasteiger partial charge in [0.2, 0.25) is 0 Å². The van der Waals surface area contributed by atoms with Crippen LogP contribution in [0.3, 0.4) is 0 Å². The summed E-state index contributed by atoms with van der Waals surface area (Å²) in [6.45, 7) is 2.23. The van der Waals surface area contributed by atoms with E-state index in [9.17, 15) is 10.1 Å². The SMILES string of the molecule is Cn1nc2c(c1-c1ccccc1)CC[C@H]1[C@H](c3ccccc3)C(=O)C(C#N)C[C@]21C. The van der Waals surface area contributed by atoms with Gasteiger partial charge in [0.25, 0.3) is 0 Å². The van der Waals surface area contributed by atoms with Gasteiger partial charge in [-0.1, -0.05) is 67.6 Å². The van der Waals surface area contributed by atoms with Crippen molar-refractivity contribution in [2.45, 2.75) is 37.5 Å². The number of aryl methyl sites for hydroxylation is 1. The van der Waals surface area contributed by atoms with Crippen LogP contribution in [0.25, 0.3) is 11.3 Å². The lowest BCUT2D eigenvalue weighted by atomic mass is 9.52. The van der Waals surface area contributed by atoms with E-state index in [0.717, 1.165) is 29.8 Å². The molecule has 1 fully saturated rings. The number of rotatable bonds is 2. The standard InChI is InChI=1S/C26H25N3O/c1-26-15-19(16-27)24(30)22(17-9-5-3-6-10-17)21(26)14-13-20-23(29(2)28-25(20)26)18-11-7-4-8-12-18/h3-12,19,21-22H,13-15H2,1-2H3/t19?,21-,22-,26-/m0/s1. The molecule has 1 heterocycles. The van der Waals surface area contributed by atoms with Crippen LogP contribution in [0.4, 0.5) is 0 Å². The van der Waals surface area contributed by atoms with Crippen molar-refractivity contribution in [1.82, 2.24) is 9.78 Å². The molecule has 5 rings (SSSR count). The minimum atomic E-state index is -0.593. The minimum Gasteiger partial charge on any atom is -0.298 e. The zero-order valence-corrected chi connectivity index (χ0v) is 17.4. The second-order valence-corrected chi connectivity index (χ2v) is 8.90. The molecule has 0 N–H and O–H groups in total. The first kappa shape index (κ1) is 18.8. The molecule has 1 unspecified atom stereocenters. The van der Waals surface area contributed by atoms with Gasteiger partial charge >= 0.3 is 0 Å². The number of hydrogen-bond donors (Lipinski definition) is 0. The molecule has 4 atom stereocenters. The van der Waals surface area contributed by atoms with Crippen molar-refractivity contribution in [1.29, 1.82) is 5.26 Å². The van der Waals surface area contributed by atoms with Crippen LogP contribution in [0.1, 0.15) is 42.5 Å². The highest BCUT2D eigenvalue weighted by atomic mass is 16.1. The van der Waals surface area contributed by atoms with E-state index in [1.807, 2.05) is 48.1 Å². The summed E-state index contributed by atoms with van der Waals surface area (Å²) in [5.41, 5.74) is 5.41. The van der Waals surface area contributed by atoms with Gasteiger partial charge in [0, 0.05) is 29.5 Å². The van der Waals surface area contributed by atoms with Crippen LogP contribution in [0.2, 0.25) is 0 Å². The number of aromatic nitrogens is 2. The molecule has 4 nitrogen and oxygen atoms in total. The van der Waals surface area contributed by atoms with E-state index in [4.69, 9.17) is 5.10 Å². The van der Waals surface area contributed by atoms with Gasteiger partial charge in [-0.05, 0) is 30.7 Å². The molecular formula is C26H25N3O. The maximum atomic E-state index is 13.3. The second-order valence-electron chi connectivity index (χ2n) is 8.90. The van der Waals surface area contributed by atoms with Gasteiger partial charge in [0.15, 0.2) is 5.78 Å². The fraction of sp³-hybridized carbons (Fsp3) is 0.346. The summed E-state index contributed by atoms with van der Waals surface area (Å²) in [6.07, 6.45) is 2.38. The number of carbonyl (C=O) groups excluding carboxylic acids is 1. The topological polar surface area (TPSA) is 58.7 Å². The molecule has 0 saturated heterocycles. The van der Waals surface area contributed by atoms with E-state index >= 15 is 0 Å². The van der Waals surface area contributed by atoms with E-state index in [1.54, 1.807) is 0 Å². The van der Waals surface area contributed by atoms with Crippen molar-refractivity contribution in [2.75, 3.05) is 0 Å². The molecule has 30 heavy (non-hydrogen) atoms. The predicted octanol–water partition coefficient (Wildman–Crippen LogP) is 4.80. The normalized spacial score (nSPS) is 27.8. The molecule has 2 aromatic carbocycles. The molecule has 0 bridgehead atoms. The van der Waals surface area contributed by atoms with Gasteiger partial charge in [-0.3, -0.25) is 9.48 Å². The van der Waals surface area contributed by atoms with E-state index in [0.29, 0.717) is 6.42 Å². The lowest BCUT2D eigenvalue weighted by molar-refractivity contribution is -0.129. The van der Waals surface area contributed by atoms with Gasteiger partial charge in [0.1, 0.15) is 5.92 Å². The summed E-state index contributed by atoms with van der Waals surface area (Å²) in [6, 6.07) is 22.7. The number of fused-ring (bicyclic) bond motifs is 3. The second kappa shape index (κ2) is 6.95. The quantitative estimate of drug-likeness (QED) is 0.626. The smallest absolute Gasteiger partial charge is 0.157 e. The molecule has 0 aliphatic heterocycles. The molecule has 1 saturated carbocycles. The van der Waals surface area contributed by atoms with Crippen molar-refractivity contribution in [3.8, 4) is 17.3 Å². The lowest BCUT2D eigenvalue weighted by Gasteiger charge is -2.49. The van der Waals surface area contributed by atoms with Crippen LogP contribution in [-0.2, 0) is 23.7 Å². The van der Waals surface area contributed by atoms with E-state index in [1.165, 1.54) is 11.1 Å². The Hall–Kier alpha value is -3.19. The number of ketones is 1. The summed E-state index contributed by atoms with van der Waals surface area (Å²) in [5, 5.41) is 14.8. The highest BCUT2D eigenvalue weighted by Gasteiger charge is 2.55. The zero-order valence-electron chi connectivity index (χ0n) is 17.4. The summed E-state index contributed by atoms with van der Waals surface area (Å²) in [4.78, 5) is 13.3. The first-order valence-corrected chi connectivity index (χ1v) is 10.6. The van der Waals surface area contributed by atoms with Gasteiger partial charge in [0.05, 0.1) is 17.5 Å². The van der Waals surface area contributed by atoms with Crippen molar-refractivity contribution in [2.24, 2.45) is 18.9 Å². The van der Waals surface area contributed by atoms with E-state index in [2.05, 4.69) is 37.3 Å². The first-order chi connectivity index (χ1) is 14.5. The molecular weight excluding hydrogens is 370 g/mol. The Kier molecular flexibility index (Phi) is 4.36. The Morgan fingerprint density at radius 1 is 1.10 bits per heavy atom. The van der Waals surface area contributed by atoms with Gasteiger partial charge < -0.3 is 0 Å². The third-order valence-electron chi connectivity index (χ3n) is 7.25. The molecule has 1 aromatic heterocycles. The minimum absolute atomic E-state index is 0.0776. The molecule has 150 valence electrons. The number of hydrogen-bond acceptors (Lipinski definition) is 3. The Bertz CT molecular complexity index is 1140. The van der Waals surface area contributed by atoms with Crippen molar-refractivity contribution < 1.29 is 4.79 Å². The molecule has 0 radical (unpaired) electrons. The fourth-order valence-corrected chi connectivity index (χ4v) is 5.90. The van der Waals surface area contributed by atoms with Crippen LogP contribution in [0, 0.1) is 23.2 Å². The van der Waals surface area contributed by atoms with E-state index < -0.39 is 5.92 Å². The monoisotopic (exact) mass is 395 g/mol. The van der Waals surface area contributed by atoms with Crippen LogP contribution in [-0.4, -0.2) is 15.6 Å². The summed E-state index contributed by atoms with van der Waals surface area (Å²) in [5.74, 6) is -0.605. The Morgan fingerprint density at radius 3 is 2.43 bits per heavy atom. The van der Waals surface area contributed by atoms with Crippen LogP contribution in [0.5, 0.6) is 0 Å². The maximum Gasteiger partial charge on any atom is 0.157 e. The average Bonchev–Trinajstić information content (AvgIpc) is 3.12. The molecule has 4 heteroatoms. The van der Waals surface area contributed by atoms with Crippen LogP contribution >= 0.6 is 0 Å². The zero-order chi connectivity index (χ0) is 20.9. The summed E-state index contributed by atoms with van der Waals surface area (Å²) in [7, 11) is 2.00. The molecule has 0 spiro atoms. The third kappa shape index (κ3) is 2.65. The van der Waals surface area contributed by atoms with Crippen molar-refractivity contribution in [3.63, 3.8) is 0 Å². The largest absolute Gasteiger partial charge is 0.298 e. The number of nitriles is 1. The number of carbonyl (C=O) groups is 1. The molecule has 2 aliphatic carbocycles. The average molecular weight is 396 g/mol. The predicted molar refractivity (Wildman–Crippen MR) is 116 cm³/mol. The fourth-order valence-electron chi connectivity index (χ4n) is 5.90. The van der Waals surface area contributed by atoms with Crippen LogP contribution < -0.4 is 0 Å². The van der Waals surface area contributed by atoms with Gasteiger partial charge in [-0.15, -0.1) is 0 Å². The number of benzene rings is 2. The van der Waals surface area contributed by atoms with Crippen molar-refractivity contribution >= 4 is 5.78 Å². The summed E-state index contributed by atoms with van der Waals surface area (Å²) < 4.78 is 1.99. The maximum absolute atomic E-state index is 13.3. The van der Waals surface area contributed by atoms with Crippen LogP contribution in [0.15, 0.2) is 60.7 Å². The first-order valence-electron chi connectivity index (χ1n) is 10.6. The Morgan fingerprint density at radius 2 is 1.77 bits per heavy atom. The van der Waals surface area contributed by atoms with E-state index in [-0.39, 0.29) is 23.0 Å². The number of nitrogens with zero attached hydrogens (tertiary/aromatic N) is 3. The highest BCUT2D eigenvalue weighted by Crippen LogP contribution is 2.56. The Labute approximate surface area is 177 Å². The molecule has 2 aliphatic rings. The summed E-state index contributed by atoms with van der Waals surface area (Å²) >= 11 is 0. The molecule has 3 aromatic rings. The molecule has 0 amide bonds. The van der Waals surface area contributed by atoms with Crippen molar-refractivity contribution in [3.05, 3.63) is 77.5 Å². The Balaban J connectivity index is 1.67. The third-order valence-corrected chi connectivity index (χ3v) is 7.25. The highest BCUT2D eigenvalue weighted by molar-refractivity contribution is 5.91. The van der Waals surface area contributed by atoms with Gasteiger partial charge in [-0.2, -0.15) is 10.4 Å². The lowest BCUT2D eigenvalue weighted by Crippen LogP contribution is -2.50. The number of Topliss-reactive ketones (excluding diaryl/α,β-unsaturated/α-hetero) is 1.